The summed E-state index contributed by atoms with van der Waals surface area (Å²) in [5.74, 6) is -0.489. The molecular weight excluding hydrogens is 276 g/mol. The minimum absolute atomic E-state index is 0.217. The molecule has 0 unspecified atom stereocenters. The fourth-order valence-corrected chi connectivity index (χ4v) is 2.87. The molecule has 2 aliphatic heterocycles. The van der Waals surface area contributed by atoms with Gasteiger partial charge in [0.25, 0.3) is 0 Å². The number of hydrogen-bond acceptors (Lipinski definition) is 5. The summed E-state index contributed by atoms with van der Waals surface area (Å²) in [7, 11) is 3.04. The van der Waals surface area contributed by atoms with E-state index in [-0.39, 0.29) is 18.7 Å². The quantitative estimate of drug-likeness (QED) is 0.598. The van der Waals surface area contributed by atoms with Gasteiger partial charge in [-0.05, 0) is 0 Å². The fourth-order valence-electron chi connectivity index (χ4n) is 2.87. The third-order valence-corrected chi connectivity index (χ3v) is 3.79. The summed E-state index contributed by atoms with van der Waals surface area (Å²) in [6.45, 7) is 4.16. The summed E-state index contributed by atoms with van der Waals surface area (Å²) in [5, 5.41) is 5.48. The average molecular weight is 292 g/mol. The Kier molecular flexibility index (Phi) is 3.17. The van der Waals surface area contributed by atoms with Gasteiger partial charge in [-0.3, -0.25) is 9.52 Å². The molecule has 3 heterocycles. The molecule has 21 heavy (non-hydrogen) atoms. The highest BCUT2D eigenvalue weighted by molar-refractivity contribution is 5.87. The number of esters is 1. The third-order valence-electron chi connectivity index (χ3n) is 3.79. The maximum absolute atomic E-state index is 12.5. The number of carbonyl (C=O) groups excluding carboxylic acids is 2. The molecule has 0 spiro atoms. The first-order valence-electron chi connectivity index (χ1n) is 6.53. The van der Waals surface area contributed by atoms with Gasteiger partial charge in [0.1, 0.15) is 6.04 Å². The third kappa shape index (κ3) is 1.83. The van der Waals surface area contributed by atoms with Crippen molar-refractivity contribution < 1.29 is 19.2 Å². The molecule has 0 radical (unpaired) electrons. The van der Waals surface area contributed by atoms with Crippen LogP contribution in [-0.2, 0) is 21.4 Å². The molecule has 2 atom stereocenters. The molecule has 8 heteroatoms. The molecule has 1 saturated heterocycles. The number of amides is 2. The van der Waals surface area contributed by atoms with Gasteiger partial charge >= 0.3 is 12.0 Å². The van der Waals surface area contributed by atoms with E-state index >= 15 is 0 Å². The lowest BCUT2D eigenvalue weighted by Crippen LogP contribution is -2.40. The van der Waals surface area contributed by atoms with E-state index in [4.69, 9.17) is 9.57 Å². The Morgan fingerprint density at radius 1 is 1.62 bits per heavy atom. The molecule has 0 saturated carbocycles. The summed E-state index contributed by atoms with van der Waals surface area (Å²) in [5.41, 5.74) is 1.47. The van der Waals surface area contributed by atoms with Crippen molar-refractivity contribution in [2.75, 3.05) is 20.3 Å². The van der Waals surface area contributed by atoms with Crippen LogP contribution in [0.2, 0.25) is 0 Å². The Labute approximate surface area is 121 Å². The predicted molar refractivity (Wildman–Crippen MR) is 70.8 cm³/mol. The van der Waals surface area contributed by atoms with Crippen LogP contribution in [0.1, 0.15) is 23.3 Å². The van der Waals surface area contributed by atoms with Gasteiger partial charge in [0, 0.05) is 12.6 Å². The Hall–Kier alpha value is -2.35. The van der Waals surface area contributed by atoms with E-state index in [1.807, 2.05) is 0 Å². The lowest BCUT2D eigenvalue weighted by Gasteiger charge is -2.28. The van der Waals surface area contributed by atoms with Crippen molar-refractivity contribution in [2.45, 2.75) is 12.1 Å². The van der Waals surface area contributed by atoms with E-state index in [0.29, 0.717) is 12.2 Å². The average Bonchev–Trinajstić information content (AvgIpc) is 2.99. The van der Waals surface area contributed by atoms with Gasteiger partial charge in [-0.2, -0.15) is 10.2 Å². The first-order chi connectivity index (χ1) is 10.1. The van der Waals surface area contributed by atoms with Crippen molar-refractivity contribution in [3.05, 3.63) is 30.1 Å². The fraction of sp³-hybridized carbons (Fsp3) is 0.462. The van der Waals surface area contributed by atoms with E-state index < -0.39 is 12.0 Å². The van der Waals surface area contributed by atoms with Crippen molar-refractivity contribution in [1.82, 2.24) is 19.7 Å². The molecule has 1 fully saturated rings. The highest BCUT2D eigenvalue weighted by Gasteiger charge is 2.53. The highest BCUT2D eigenvalue weighted by Crippen LogP contribution is 2.43. The van der Waals surface area contributed by atoms with Crippen molar-refractivity contribution in [3.63, 3.8) is 0 Å². The number of carbonyl (C=O) groups is 2. The number of aromatic nitrogens is 2. The van der Waals surface area contributed by atoms with Crippen LogP contribution in [0, 0.1) is 0 Å². The maximum atomic E-state index is 12.5. The smallest absolute Gasteiger partial charge is 0.345 e. The summed E-state index contributed by atoms with van der Waals surface area (Å²) in [4.78, 5) is 31.4. The van der Waals surface area contributed by atoms with Crippen molar-refractivity contribution in [2.24, 2.45) is 7.05 Å². The first-order valence-corrected chi connectivity index (χ1v) is 6.53. The summed E-state index contributed by atoms with van der Waals surface area (Å²) < 4.78 is 6.43. The number of nitrogens with zero attached hydrogens (tertiary/aromatic N) is 4. The second-order valence-electron chi connectivity index (χ2n) is 4.90. The SMILES string of the molecule is C=CCON1C(=O)N2C[C@@H]1c1cnn(C)c1[C@H]2C(=O)OC. The number of methoxy groups -OCH3 is 1. The number of hydrogen-bond donors (Lipinski definition) is 0. The minimum Gasteiger partial charge on any atom is -0.467 e. The number of fused-ring (bicyclic) bond motifs is 4. The van der Waals surface area contributed by atoms with Crippen molar-refractivity contribution in [1.29, 1.82) is 0 Å². The topological polar surface area (TPSA) is 76.9 Å². The van der Waals surface area contributed by atoms with Gasteiger partial charge < -0.3 is 9.64 Å². The molecule has 8 nitrogen and oxygen atoms in total. The van der Waals surface area contributed by atoms with E-state index in [1.54, 1.807) is 24.0 Å². The van der Waals surface area contributed by atoms with E-state index in [1.165, 1.54) is 17.1 Å². The van der Waals surface area contributed by atoms with Crippen LogP contribution in [0.5, 0.6) is 0 Å². The molecule has 1 aromatic heterocycles. The second-order valence-corrected chi connectivity index (χ2v) is 4.90. The molecule has 1 aromatic rings. The van der Waals surface area contributed by atoms with Gasteiger partial charge in [0.05, 0.1) is 32.2 Å². The van der Waals surface area contributed by atoms with Crippen LogP contribution >= 0.6 is 0 Å². The molecule has 0 aliphatic carbocycles. The molecule has 0 aromatic carbocycles. The molecule has 112 valence electrons. The van der Waals surface area contributed by atoms with Crippen LogP contribution in [0.4, 0.5) is 4.79 Å². The van der Waals surface area contributed by atoms with Gasteiger partial charge in [-0.1, -0.05) is 6.08 Å². The largest absolute Gasteiger partial charge is 0.467 e. The number of urea groups is 1. The lowest BCUT2D eigenvalue weighted by atomic mass is 9.98. The number of rotatable bonds is 4. The van der Waals surface area contributed by atoms with Gasteiger partial charge in [0.15, 0.2) is 6.04 Å². The summed E-state index contributed by atoms with van der Waals surface area (Å²) >= 11 is 0. The summed E-state index contributed by atoms with van der Waals surface area (Å²) in [6.07, 6.45) is 3.23. The van der Waals surface area contributed by atoms with E-state index in [0.717, 1.165) is 5.56 Å². The zero-order valence-electron chi connectivity index (χ0n) is 11.9. The van der Waals surface area contributed by atoms with Gasteiger partial charge in [-0.15, -0.1) is 6.58 Å². The Morgan fingerprint density at radius 2 is 2.38 bits per heavy atom. The normalized spacial score (nSPS) is 23.2. The Bertz CT molecular complexity index is 611. The lowest BCUT2D eigenvalue weighted by molar-refractivity contribution is -0.146. The van der Waals surface area contributed by atoms with E-state index in [9.17, 15) is 9.59 Å². The molecule has 2 aliphatic rings. The minimum atomic E-state index is -0.793. The first kappa shape index (κ1) is 13.6. The van der Waals surface area contributed by atoms with Gasteiger partial charge in [-0.25, -0.2) is 9.59 Å². The molecular formula is C13H16N4O4. The van der Waals surface area contributed by atoms with Crippen LogP contribution in [-0.4, -0.2) is 52.0 Å². The van der Waals surface area contributed by atoms with Crippen LogP contribution in [0.15, 0.2) is 18.9 Å². The molecule has 2 amide bonds. The molecule has 0 N–H and O–H groups in total. The molecule has 2 bridgehead atoms. The zero-order valence-corrected chi connectivity index (χ0v) is 11.9. The number of hydroxylamine groups is 2. The predicted octanol–water partition coefficient (Wildman–Crippen LogP) is 0.544. The van der Waals surface area contributed by atoms with Crippen molar-refractivity contribution in [3.8, 4) is 0 Å². The second kappa shape index (κ2) is 4.88. The zero-order chi connectivity index (χ0) is 15.1. The van der Waals surface area contributed by atoms with Gasteiger partial charge in [0.2, 0.25) is 0 Å². The monoisotopic (exact) mass is 292 g/mol. The van der Waals surface area contributed by atoms with E-state index in [2.05, 4.69) is 11.7 Å². The highest BCUT2D eigenvalue weighted by atomic mass is 16.7. The Morgan fingerprint density at radius 3 is 3.05 bits per heavy atom. The number of aryl methyl sites for hydroxylation is 1. The van der Waals surface area contributed by atoms with Crippen LogP contribution in [0.3, 0.4) is 0 Å². The standard InChI is InChI=1S/C13H16N4O4/c1-4-5-21-17-9-7-16(13(17)19)11(12(18)20-3)10-8(9)6-14-15(10)2/h4,6,9,11H,1,5,7H2,2-3H3/t9-,11+/m1/s1. The van der Waals surface area contributed by atoms with Crippen molar-refractivity contribution >= 4 is 12.0 Å². The number of ether oxygens (including phenoxy) is 1. The van der Waals surface area contributed by atoms with Crippen LogP contribution in [0.25, 0.3) is 0 Å². The maximum Gasteiger partial charge on any atom is 0.345 e. The van der Waals surface area contributed by atoms with Crippen LogP contribution < -0.4 is 0 Å². The summed E-state index contributed by atoms with van der Waals surface area (Å²) in [6, 6.07) is -1.42. The Balaban J connectivity index is 2.05. The molecule has 3 rings (SSSR count).